The minimum absolute atomic E-state index is 0.259. The number of carbonyl (C=O) groups excluding carboxylic acids is 1. The van der Waals surface area contributed by atoms with Gasteiger partial charge in [-0.15, -0.1) is 0 Å². The summed E-state index contributed by atoms with van der Waals surface area (Å²) in [6.07, 6.45) is -0.259. The molecule has 0 heterocycles. The molecule has 0 spiro atoms. The standard InChI is InChI=1S/C14H18O5/c1-9(10-5-4-6-11(7-10)18-2)12(8-13(15)16)14(17)19-3/h4-7,9,12H,8H2,1-3H3,(H,15,16)/t9-,12+/m0/s1. The number of hydrogen-bond donors (Lipinski definition) is 1. The molecule has 104 valence electrons. The Bertz CT molecular complexity index is 455. The quantitative estimate of drug-likeness (QED) is 0.798. The van der Waals surface area contributed by atoms with E-state index in [1.54, 1.807) is 32.2 Å². The normalized spacial score (nSPS) is 13.4. The van der Waals surface area contributed by atoms with Crippen molar-refractivity contribution in [2.45, 2.75) is 19.3 Å². The lowest BCUT2D eigenvalue weighted by Crippen LogP contribution is -2.25. The molecule has 0 aliphatic rings. The highest BCUT2D eigenvalue weighted by Crippen LogP contribution is 2.30. The van der Waals surface area contributed by atoms with Gasteiger partial charge in [-0.2, -0.15) is 0 Å². The molecule has 0 aliphatic heterocycles. The van der Waals surface area contributed by atoms with Crippen molar-refractivity contribution in [1.82, 2.24) is 0 Å². The number of methoxy groups -OCH3 is 2. The molecule has 1 rings (SSSR count). The third-order valence-electron chi connectivity index (χ3n) is 3.12. The van der Waals surface area contributed by atoms with Gasteiger partial charge in [-0.1, -0.05) is 19.1 Å². The van der Waals surface area contributed by atoms with Gasteiger partial charge in [0, 0.05) is 0 Å². The van der Waals surface area contributed by atoms with E-state index in [1.807, 2.05) is 6.07 Å². The summed E-state index contributed by atoms with van der Waals surface area (Å²) in [6, 6.07) is 7.23. The lowest BCUT2D eigenvalue weighted by molar-refractivity contribution is -0.151. The Hall–Kier alpha value is -2.04. The van der Waals surface area contributed by atoms with Gasteiger partial charge in [0.05, 0.1) is 26.6 Å². The number of esters is 1. The van der Waals surface area contributed by atoms with Crippen molar-refractivity contribution in [2.24, 2.45) is 5.92 Å². The number of rotatable bonds is 6. The van der Waals surface area contributed by atoms with Gasteiger partial charge in [0.2, 0.25) is 0 Å². The highest BCUT2D eigenvalue weighted by Gasteiger charge is 2.29. The Kier molecular flexibility index (Phi) is 5.36. The van der Waals surface area contributed by atoms with Crippen molar-refractivity contribution < 1.29 is 24.2 Å². The van der Waals surface area contributed by atoms with E-state index < -0.39 is 17.9 Å². The van der Waals surface area contributed by atoms with Crippen LogP contribution in [0.5, 0.6) is 5.75 Å². The predicted octanol–water partition coefficient (Wildman–Crippen LogP) is 2.06. The Morgan fingerprint density at radius 1 is 1.32 bits per heavy atom. The molecule has 0 aromatic heterocycles. The third kappa shape index (κ3) is 3.98. The summed E-state index contributed by atoms with van der Waals surface area (Å²) in [5.41, 5.74) is 0.844. The zero-order valence-corrected chi connectivity index (χ0v) is 11.3. The molecule has 1 aromatic carbocycles. The van der Waals surface area contributed by atoms with Crippen LogP contribution in [-0.2, 0) is 14.3 Å². The van der Waals surface area contributed by atoms with Crippen LogP contribution in [-0.4, -0.2) is 31.3 Å². The van der Waals surface area contributed by atoms with Crippen molar-refractivity contribution in [3.05, 3.63) is 29.8 Å². The van der Waals surface area contributed by atoms with E-state index in [0.29, 0.717) is 5.75 Å². The molecular formula is C14H18O5. The number of carboxylic acid groups (broad SMARTS) is 1. The number of benzene rings is 1. The minimum Gasteiger partial charge on any atom is -0.497 e. The van der Waals surface area contributed by atoms with Crippen LogP contribution >= 0.6 is 0 Å². The highest BCUT2D eigenvalue weighted by molar-refractivity contribution is 5.80. The van der Waals surface area contributed by atoms with E-state index in [2.05, 4.69) is 4.74 Å². The van der Waals surface area contributed by atoms with E-state index in [0.717, 1.165) is 5.56 Å². The van der Waals surface area contributed by atoms with E-state index in [-0.39, 0.29) is 12.3 Å². The van der Waals surface area contributed by atoms with E-state index >= 15 is 0 Å². The monoisotopic (exact) mass is 266 g/mol. The Morgan fingerprint density at radius 3 is 2.53 bits per heavy atom. The molecule has 0 bridgehead atoms. The van der Waals surface area contributed by atoms with Gasteiger partial charge in [-0.3, -0.25) is 9.59 Å². The largest absolute Gasteiger partial charge is 0.497 e. The number of hydrogen-bond acceptors (Lipinski definition) is 4. The van der Waals surface area contributed by atoms with Crippen LogP contribution in [0.1, 0.15) is 24.8 Å². The summed E-state index contributed by atoms with van der Waals surface area (Å²) in [6.45, 7) is 1.80. The second kappa shape index (κ2) is 6.78. The molecule has 0 fully saturated rings. The molecule has 0 radical (unpaired) electrons. The van der Waals surface area contributed by atoms with Crippen molar-refractivity contribution in [2.75, 3.05) is 14.2 Å². The lowest BCUT2D eigenvalue weighted by Gasteiger charge is -2.21. The van der Waals surface area contributed by atoms with Gasteiger partial charge in [-0.25, -0.2) is 0 Å². The first-order chi connectivity index (χ1) is 8.99. The van der Waals surface area contributed by atoms with Gasteiger partial charge in [0.15, 0.2) is 0 Å². The van der Waals surface area contributed by atoms with E-state index in [1.165, 1.54) is 7.11 Å². The lowest BCUT2D eigenvalue weighted by atomic mass is 9.85. The second-order valence-corrected chi connectivity index (χ2v) is 4.29. The van der Waals surface area contributed by atoms with Crippen molar-refractivity contribution >= 4 is 11.9 Å². The first kappa shape index (κ1) is 15.0. The molecule has 19 heavy (non-hydrogen) atoms. The molecule has 0 unspecified atom stereocenters. The summed E-state index contributed by atoms with van der Waals surface area (Å²) in [7, 11) is 2.81. The average Bonchev–Trinajstić information content (AvgIpc) is 2.43. The predicted molar refractivity (Wildman–Crippen MR) is 69.2 cm³/mol. The molecular weight excluding hydrogens is 248 g/mol. The van der Waals surface area contributed by atoms with Crippen LogP contribution < -0.4 is 4.74 Å². The topological polar surface area (TPSA) is 72.8 Å². The third-order valence-corrected chi connectivity index (χ3v) is 3.12. The molecule has 1 N–H and O–H groups in total. The minimum atomic E-state index is -1.02. The maximum Gasteiger partial charge on any atom is 0.309 e. The van der Waals surface area contributed by atoms with Gasteiger partial charge in [0.25, 0.3) is 0 Å². The smallest absolute Gasteiger partial charge is 0.309 e. The molecule has 0 saturated heterocycles. The fourth-order valence-electron chi connectivity index (χ4n) is 1.96. The summed E-state index contributed by atoms with van der Waals surface area (Å²) >= 11 is 0. The number of ether oxygens (including phenoxy) is 2. The Balaban J connectivity index is 3.00. The molecule has 0 amide bonds. The van der Waals surface area contributed by atoms with Gasteiger partial charge >= 0.3 is 11.9 Å². The van der Waals surface area contributed by atoms with Crippen LogP contribution in [0, 0.1) is 5.92 Å². The number of carboxylic acids is 1. The van der Waals surface area contributed by atoms with Crippen LogP contribution in [0.2, 0.25) is 0 Å². The first-order valence-electron chi connectivity index (χ1n) is 5.93. The van der Waals surface area contributed by atoms with Gasteiger partial charge < -0.3 is 14.6 Å². The second-order valence-electron chi connectivity index (χ2n) is 4.29. The fourth-order valence-corrected chi connectivity index (χ4v) is 1.96. The van der Waals surface area contributed by atoms with Gasteiger partial charge in [-0.05, 0) is 23.6 Å². The highest BCUT2D eigenvalue weighted by atomic mass is 16.5. The maximum absolute atomic E-state index is 11.7. The Morgan fingerprint density at radius 2 is 2.00 bits per heavy atom. The van der Waals surface area contributed by atoms with E-state index in [4.69, 9.17) is 9.84 Å². The first-order valence-corrected chi connectivity index (χ1v) is 5.93. The number of aliphatic carboxylic acids is 1. The summed E-state index contributed by atoms with van der Waals surface area (Å²) < 4.78 is 9.80. The Labute approximate surface area is 112 Å². The summed E-state index contributed by atoms with van der Waals surface area (Å²) in [5, 5.41) is 8.89. The zero-order valence-electron chi connectivity index (χ0n) is 11.3. The summed E-state index contributed by atoms with van der Waals surface area (Å²) in [5.74, 6) is -1.85. The van der Waals surface area contributed by atoms with Crippen LogP contribution in [0.3, 0.4) is 0 Å². The van der Waals surface area contributed by atoms with Crippen molar-refractivity contribution in [1.29, 1.82) is 0 Å². The average molecular weight is 266 g/mol. The molecule has 0 saturated carbocycles. The van der Waals surface area contributed by atoms with Crippen LogP contribution in [0.25, 0.3) is 0 Å². The van der Waals surface area contributed by atoms with Crippen LogP contribution in [0.15, 0.2) is 24.3 Å². The summed E-state index contributed by atoms with van der Waals surface area (Å²) in [4.78, 5) is 22.6. The van der Waals surface area contributed by atoms with Crippen LogP contribution in [0.4, 0.5) is 0 Å². The molecule has 5 heteroatoms. The molecule has 5 nitrogen and oxygen atoms in total. The zero-order chi connectivity index (χ0) is 14.4. The molecule has 1 aromatic rings. The van der Waals surface area contributed by atoms with Crippen molar-refractivity contribution in [3.63, 3.8) is 0 Å². The van der Waals surface area contributed by atoms with Gasteiger partial charge in [0.1, 0.15) is 5.75 Å². The molecule has 2 atom stereocenters. The van der Waals surface area contributed by atoms with E-state index in [9.17, 15) is 9.59 Å². The maximum atomic E-state index is 11.7. The fraction of sp³-hybridized carbons (Fsp3) is 0.429. The SMILES string of the molecule is COC(=O)[C@H](CC(=O)O)[C@@H](C)c1cccc(OC)c1. The number of carbonyl (C=O) groups is 2. The van der Waals surface area contributed by atoms with Crippen molar-refractivity contribution in [3.8, 4) is 5.75 Å². The molecule has 0 aliphatic carbocycles.